The van der Waals surface area contributed by atoms with E-state index >= 15 is 0 Å². The van der Waals surface area contributed by atoms with Gasteiger partial charge in [0.1, 0.15) is 36.3 Å². The van der Waals surface area contributed by atoms with Crippen LogP contribution in [-0.2, 0) is 15.9 Å². The zero-order valence-electron chi connectivity index (χ0n) is 14.9. The molecule has 1 aromatic rings. The fraction of sp³-hybridized carbons (Fsp3) is 0.526. The van der Waals surface area contributed by atoms with Gasteiger partial charge in [0.15, 0.2) is 12.1 Å². The molecule has 4 N–H and O–H groups in total. The fourth-order valence-electron chi connectivity index (χ4n) is 3.16. The van der Waals surface area contributed by atoms with Crippen molar-refractivity contribution in [2.75, 3.05) is 13.2 Å². The number of hydrogen-bond donors (Lipinski definition) is 4. The van der Waals surface area contributed by atoms with Gasteiger partial charge in [0.2, 0.25) is 0 Å². The Balaban J connectivity index is 1.51. The minimum absolute atomic E-state index is 0.00437. The summed E-state index contributed by atoms with van der Waals surface area (Å²) in [6, 6.07) is 5.34. The molecule has 148 valence electrons. The molecule has 0 spiro atoms. The Kier molecular flexibility index (Phi) is 6.25. The summed E-state index contributed by atoms with van der Waals surface area (Å²) < 4.78 is 16.4. The van der Waals surface area contributed by atoms with Gasteiger partial charge in [-0.15, -0.1) is 0 Å². The van der Waals surface area contributed by atoms with Gasteiger partial charge in [-0.3, -0.25) is 4.79 Å². The molecule has 0 unspecified atom stereocenters. The average Bonchev–Trinajstić information content (AvgIpc) is 3.06. The summed E-state index contributed by atoms with van der Waals surface area (Å²) in [4.78, 5) is 11.4. The summed E-state index contributed by atoms with van der Waals surface area (Å²) in [5, 5.41) is 38.5. The van der Waals surface area contributed by atoms with Crippen LogP contribution in [0.4, 0.5) is 0 Å². The third-order valence-corrected chi connectivity index (χ3v) is 4.72. The molecule has 27 heavy (non-hydrogen) atoms. The molecule has 2 heterocycles. The second-order valence-corrected chi connectivity index (χ2v) is 6.70. The van der Waals surface area contributed by atoms with E-state index in [-0.39, 0.29) is 18.5 Å². The monoisotopic (exact) mass is 380 g/mol. The minimum Gasteiger partial charge on any atom is -0.486 e. The molecule has 0 aromatic heterocycles. The number of benzene rings is 1. The number of ether oxygens (including phenoxy) is 3. The standard InChI is InChI=1S/C19H24O8/c1-10(21)11-4-5-14-12(7-11)8-13(26-14)3-2-6-25-19-18(24)17(23)16(22)15(9-20)27-19/h2-5,7,13,15-20,22-24H,6,8-9H2,1H3/b3-2+/t13-,15-,16-,17+,18-,19-/m1/s1. The molecule has 3 rings (SSSR count). The molecule has 1 aromatic carbocycles. The SMILES string of the molecule is CC(=O)c1ccc2c(c1)C[C@@H](/C=C/CO[C@@H]1O[C@H](CO)[C@@H](O)[C@H](O)[C@H]1O)O2. The Morgan fingerprint density at radius 1 is 1.26 bits per heavy atom. The topological polar surface area (TPSA) is 126 Å². The molecule has 0 aliphatic carbocycles. The van der Waals surface area contributed by atoms with Gasteiger partial charge in [0.05, 0.1) is 13.2 Å². The minimum atomic E-state index is -1.46. The van der Waals surface area contributed by atoms with E-state index in [9.17, 15) is 20.1 Å². The summed E-state index contributed by atoms with van der Waals surface area (Å²) in [5.41, 5.74) is 1.61. The predicted molar refractivity (Wildman–Crippen MR) is 93.4 cm³/mol. The molecule has 2 aliphatic rings. The van der Waals surface area contributed by atoms with Crippen LogP contribution in [0, 0.1) is 0 Å². The van der Waals surface area contributed by atoms with Crippen molar-refractivity contribution in [2.24, 2.45) is 0 Å². The van der Waals surface area contributed by atoms with Crippen molar-refractivity contribution in [3.63, 3.8) is 0 Å². The van der Waals surface area contributed by atoms with E-state index in [0.717, 1.165) is 11.3 Å². The molecule has 0 saturated carbocycles. The van der Waals surface area contributed by atoms with Crippen LogP contribution in [-0.4, -0.2) is 76.2 Å². The van der Waals surface area contributed by atoms with Gasteiger partial charge in [0, 0.05) is 12.0 Å². The highest BCUT2D eigenvalue weighted by Crippen LogP contribution is 2.30. The summed E-state index contributed by atoms with van der Waals surface area (Å²) >= 11 is 0. The number of ketones is 1. The van der Waals surface area contributed by atoms with Crippen molar-refractivity contribution < 1.29 is 39.4 Å². The first-order valence-corrected chi connectivity index (χ1v) is 8.80. The highest BCUT2D eigenvalue weighted by atomic mass is 16.7. The average molecular weight is 380 g/mol. The van der Waals surface area contributed by atoms with Crippen LogP contribution in [0.5, 0.6) is 5.75 Å². The lowest BCUT2D eigenvalue weighted by atomic mass is 9.99. The van der Waals surface area contributed by atoms with E-state index in [4.69, 9.17) is 19.3 Å². The molecule has 8 heteroatoms. The molecule has 0 bridgehead atoms. The number of carbonyl (C=O) groups is 1. The van der Waals surface area contributed by atoms with Crippen LogP contribution in [0.15, 0.2) is 30.4 Å². The summed E-state index contributed by atoms with van der Waals surface area (Å²) in [7, 11) is 0. The molecule has 2 aliphatic heterocycles. The van der Waals surface area contributed by atoms with Crippen LogP contribution in [0.2, 0.25) is 0 Å². The molecule has 0 radical (unpaired) electrons. The van der Waals surface area contributed by atoms with E-state index in [1.807, 2.05) is 6.07 Å². The number of rotatable bonds is 6. The second-order valence-electron chi connectivity index (χ2n) is 6.70. The van der Waals surface area contributed by atoms with Gasteiger partial charge in [-0.05, 0) is 36.8 Å². The molecule has 6 atom stereocenters. The Morgan fingerprint density at radius 2 is 2.04 bits per heavy atom. The molecule has 1 fully saturated rings. The summed E-state index contributed by atoms with van der Waals surface area (Å²) in [6.45, 7) is 1.10. The normalized spacial score (nSPS) is 33.1. The van der Waals surface area contributed by atoms with Gasteiger partial charge in [-0.1, -0.05) is 6.08 Å². The van der Waals surface area contributed by atoms with E-state index in [1.165, 1.54) is 6.92 Å². The van der Waals surface area contributed by atoms with Gasteiger partial charge >= 0.3 is 0 Å². The second kappa shape index (κ2) is 8.47. The highest BCUT2D eigenvalue weighted by Gasteiger charge is 2.43. The molecular weight excluding hydrogens is 356 g/mol. The van der Waals surface area contributed by atoms with Crippen LogP contribution in [0.3, 0.4) is 0 Å². The van der Waals surface area contributed by atoms with Gasteiger partial charge in [-0.2, -0.15) is 0 Å². The van der Waals surface area contributed by atoms with Crippen molar-refractivity contribution in [3.05, 3.63) is 41.5 Å². The first-order chi connectivity index (χ1) is 12.9. The molecule has 1 saturated heterocycles. The first-order valence-electron chi connectivity index (χ1n) is 8.80. The van der Waals surface area contributed by atoms with Gasteiger partial charge in [-0.25, -0.2) is 0 Å². The Morgan fingerprint density at radius 3 is 2.74 bits per heavy atom. The van der Waals surface area contributed by atoms with Gasteiger partial charge in [0.25, 0.3) is 0 Å². The summed E-state index contributed by atoms with van der Waals surface area (Å²) in [6.07, 6.45) is -2.52. The van der Waals surface area contributed by atoms with E-state index in [2.05, 4.69) is 0 Å². The third kappa shape index (κ3) is 4.37. The van der Waals surface area contributed by atoms with Crippen LogP contribution in [0.1, 0.15) is 22.8 Å². The maximum Gasteiger partial charge on any atom is 0.187 e. The zero-order chi connectivity index (χ0) is 19.6. The van der Waals surface area contributed by atoms with E-state index < -0.39 is 37.3 Å². The van der Waals surface area contributed by atoms with Crippen molar-refractivity contribution in [3.8, 4) is 5.75 Å². The summed E-state index contributed by atoms with van der Waals surface area (Å²) in [5.74, 6) is 0.745. The maximum absolute atomic E-state index is 11.4. The van der Waals surface area contributed by atoms with Crippen LogP contribution >= 0.6 is 0 Å². The van der Waals surface area contributed by atoms with Crippen LogP contribution < -0.4 is 4.74 Å². The van der Waals surface area contributed by atoms with Gasteiger partial charge < -0.3 is 34.6 Å². The van der Waals surface area contributed by atoms with Crippen LogP contribution in [0.25, 0.3) is 0 Å². The maximum atomic E-state index is 11.4. The third-order valence-electron chi connectivity index (χ3n) is 4.72. The molecular formula is C19H24O8. The van der Waals surface area contributed by atoms with Crippen molar-refractivity contribution in [2.45, 2.75) is 50.2 Å². The number of aliphatic hydroxyl groups excluding tert-OH is 4. The molecule has 0 amide bonds. The fourth-order valence-corrected chi connectivity index (χ4v) is 3.16. The van der Waals surface area contributed by atoms with E-state index in [0.29, 0.717) is 12.0 Å². The predicted octanol–water partition coefficient (Wildman–Crippen LogP) is -0.435. The largest absolute Gasteiger partial charge is 0.486 e. The zero-order valence-corrected chi connectivity index (χ0v) is 14.9. The number of aliphatic hydroxyl groups is 4. The lowest BCUT2D eigenvalue weighted by Gasteiger charge is -2.39. The smallest absolute Gasteiger partial charge is 0.187 e. The van der Waals surface area contributed by atoms with Crippen molar-refractivity contribution >= 4 is 5.78 Å². The highest BCUT2D eigenvalue weighted by molar-refractivity contribution is 5.94. The Bertz CT molecular complexity index is 701. The quantitative estimate of drug-likeness (QED) is 0.387. The Labute approximate surface area is 156 Å². The first kappa shape index (κ1) is 19.9. The number of fused-ring (bicyclic) bond motifs is 1. The van der Waals surface area contributed by atoms with Crippen molar-refractivity contribution in [1.29, 1.82) is 0 Å². The Hall–Kier alpha value is -1.81. The molecule has 8 nitrogen and oxygen atoms in total. The number of Topliss-reactive ketones (excluding diaryl/α,β-unsaturated/α-hetero) is 1. The number of carbonyl (C=O) groups excluding carboxylic acids is 1. The van der Waals surface area contributed by atoms with E-state index in [1.54, 1.807) is 24.3 Å². The van der Waals surface area contributed by atoms with Crippen molar-refractivity contribution in [1.82, 2.24) is 0 Å². The lowest BCUT2D eigenvalue weighted by molar-refractivity contribution is -0.298. The number of hydrogen-bond acceptors (Lipinski definition) is 8. The lowest BCUT2D eigenvalue weighted by Crippen LogP contribution is -2.59.